The second kappa shape index (κ2) is 8.42. The van der Waals surface area contributed by atoms with Gasteiger partial charge in [0.15, 0.2) is 0 Å². The van der Waals surface area contributed by atoms with Crippen LogP contribution in [-0.2, 0) is 10.8 Å². The van der Waals surface area contributed by atoms with Crippen molar-refractivity contribution in [2.75, 3.05) is 12.8 Å². The molecule has 0 rings (SSSR count). The van der Waals surface area contributed by atoms with Gasteiger partial charge in [-0.3, -0.25) is 4.21 Å². The van der Waals surface area contributed by atoms with Crippen molar-refractivity contribution in [2.24, 2.45) is 0 Å². The smallest absolute Gasteiger partial charge is 0.0334 e. The fraction of sp³-hybridized carbons (Fsp3) is 1.00. The second-order valence-electron chi connectivity index (χ2n) is 4.03. The third-order valence-corrected chi connectivity index (χ3v) is 4.36. The molecule has 0 saturated carbocycles. The fourth-order valence-electron chi connectivity index (χ4n) is 1.42. The van der Waals surface area contributed by atoms with Crippen LogP contribution in [0.3, 0.4) is 0 Å². The summed E-state index contributed by atoms with van der Waals surface area (Å²) in [6, 6.07) is 0.472. The maximum absolute atomic E-state index is 11.8. The lowest BCUT2D eigenvalue weighted by atomic mass is 10.2. The average molecular weight is 219 g/mol. The average Bonchev–Trinajstić information content (AvgIpc) is 2.17. The Hall–Kier alpha value is 0.110. The van der Waals surface area contributed by atoms with Gasteiger partial charge in [0.05, 0.1) is 0 Å². The summed E-state index contributed by atoms with van der Waals surface area (Å²) < 4.78 is 11.8. The van der Waals surface area contributed by atoms with E-state index in [1.807, 2.05) is 7.05 Å². The summed E-state index contributed by atoms with van der Waals surface area (Å²) in [5, 5.41) is 3.51. The molecule has 0 aromatic heterocycles. The van der Waals surface area contributed by atoms with E-state index in [0.717, 1.165) is 18.6 Å². The minimum atomic E-state index is -0.628. The molecule has 14 heavy (non-hydrogen) atoms. The zero-order valence-corrected chi connectivity index (χ0v) is 10.8. The minimum absolute atomic E-state index is 0.328. The van der Waals surface area contributed by atoms with Crippen molar-refractivity contribution < 1.29 is 4.21 Å². The molecule has 0 amide bonds. The van der Waals surface area contributed by atoms with Crippen LogP contribution in [0.1, 0.15) is 46.5 Å². The second-order valence-corrected chi connectivity index (χ2v) is 6.00. The third-order valence-electron chi connectivity index (χ3n) is 2.58. The zero-order valence-electron chi connectivity index (χ0n) is 10.0. The van der Waals surface area contributed by atoms with Gasteiger partial charge in [0.1, 0.15) is 0 Å². The van der Waals surface area contributed by atoms with Gasteiger partial charge in [0.2, 0.25) is 0 Å². The van der Waals surface area contributed by atoms with E-state index in [9.17, 15) is 4.21 Å². The van der Waals surface area contributed by atoms with Gasteiger partial charge in [0.25, 0.3) is 0 Å². The largest absolute Gasteiger partial charge is 0.317 e. The van der Waals surface area contributed by atoms with E-state index < -0.39 is 10.8 Å². The molecule has 0 radical (unpaired) electrons. The summed E-state index contributed by atoms with van der Waals surface area (Å²) in [5.74, 6) is 0.880. The predicted octanol–water partition coefficient (Wildman–Crippen LogP) is 2.31. The van der Waals surface area contributed by atoms with E-state index in [1.165, 1.54) is 12.8 Å². The molecule has 0 aliphatic heterocycles. The normalized spacial score (nSPS) is 17.7. The van der Waals surface area contributed by atoms with Crippen LogP contribution in [-0.4, -0.2) is 28.3 Å². The van der Waals surface area contributed by atoms with E-state index in [-0.39, 0.29) is 0 Å². The van der Waals surface area contributed by atoms with E-state index in [4.69, 9.17) is 0 Å². The zero-order chi connectivity index (χ0) is 11.0. The first-order chi connectivity index (χ1) is 6.61. The Labute approximate surface area is 91.3 Å². The lowest BCUT2D eigenvalue weighted by molar-refractivity contribution is 0.554. The summed E-state index contributed by atoms with van der Waals surface area (Å²) >= 11 is 0. The number of hydrogen-bond acceptors (Lipinski definition) is 2. The Morgan fingerprint density at radius 3 is 2.43 bits per heavy atom. The van der Waals surface area contributed by atoms with Crippen molar-refractivity contribution in [3.05, 3.63) is 0 Å². The van der Waals surface area contributed by atoms with Gasteiger partial charge < -0.3 is 5.32 Å². The van der Waals surface area contributed by atoms with E-state index >= 15 is 0 Å². The summed E-state index contributed by atoms with van der Waals surface area (Å²) in [6.07, 6.45) is 4.54. The molecule has 0 fully saturated rings. The Morgan fingerprint density at radius 1 is 1.29 bits per heavy atom. The molecular weight excluding hydrogens is 194 g/mol. The molecule has 2 nitrogen and oxygen atoms in total. The van der Waals surface area contributed by atoms with E-state index in [0.29, 0.717) is 11.3 Å². The Bertz CT molecular complexity index is 161. The highest BCUT2D eigenvalue weighted by Crippen LogP contribution is 2.07. The first kappa shape index (κ1) is 14.1. The van der Waals surface area contributed by atoms with E-state index in [1.54, 1.807) is 0 Å². The monoisotopic (exact) mass is 219 g/mol. The summed E-state index contributed by atoms with van der Waals surface area (Å²) in [7, 11) is 1.33. The third kappa shape index (κ3) is 6.55. The number of rotatable bonds is 8. The maximum Gasteiger partial charge on any atom is 0.0334 e. The van der Waals surface area contributed by atoms with Crippen LogP contribution < -0.4 is 5.32 Å². The number of unbranched alkanes of at least 4 members (excludes halogenated alkanes) is 2. The highest BCUT2D eigenvalue weighted by atomic mass is 32.2. The molecule has 3 heteroatoms. The molecule has 0 aliphatic rings. The van der Waals surface area contributed by atoms with Crippen LogP contribution in [0.25, 0.3) is 0 Å². The van der Waals surface area contributed by atoms with Crippen molar-refractivity contribution in [2.45, 2.75) is 57.7 Å². The molecular formula is C11H25NOS. The van der Waals surface area contributed by atoms with Crippen LogP contribution in [0, 0.1) is 0 Å². The van der Waals surface area contributed by atoms with Crippen molar-refractivity contribution in [3.63, 3.8) is 0 Å². The quantitative estimate of drug-likeness (QED) is 0.635. The Balaban J connectivity index is 3.64. The van der Waals surface area contributed by atoms with Gasteiger partial charge in [-0.2, -0.15) is 0 Å². The fourth-order valence-corrected chi connectivity index (χ4v) is 2.81. The van der Waals surface area contributed by atoms with Crippen LogP contribution in [0.2, 0.25) is 0 Å². The van der Waals surface area contributed by atoms with Crippen LogP contribution >= 0.6 is 0 Å². The first-order valence-electron chi connectivity index (χ1n) is 5.66. The van der Waals surface area contributed by atoms with Gasteiger partial charge in [-0.15, -0.1) is 0 Å². The molecule has 1 N–H and O–H groups in total. The lowest BCUT2D eigenvalue weighted by Gasteiger charge is -2.16. The molecule has 0 bridgehead atoms. The van der Waals surface area contributed by atoms with E-state index in [2.05, 4.69) is 26.1 Å². The number of nitrogens with one attached hydrogen (secondary N) is 1. The summed E-state index contributed by atoms with van der Waals surface area (Å²) in [5.41, 5.74) is 0. The van der Waals surface area contributed by atoms with Gasteiger partial charge in [-0.05, 0) is 26.8 Å². The molecule has 3 atom stereocenters. The summed E-state index contributed by atoms with van der Waals surface area (Å²) in [4.78, 5) is 0. The SMILES string of the molecule is CCCCCS(=O)C(C)CC(C)NC. The van der Waals surface area contributed by atoms with Gasteiger partial charge >= 0.3 is 0 Å². The maximum atomic E-state index is 11.8. The van der Waals surface area contributed by atoms with Crippen LogP contribution in [0.5, 0.6) is 0 Å². The van der Waals surface area contributed by atoms with Crippen molar-refractivity contribution in [1.29, 1.82) is 0 Å². The summed E-state index contributed by atoms with van der Waals surface area (Å²) in [6.45, 7) is 6.41. The first-order valence-corrected chi connectivity index (χ1v) is 7.04. The molecule has 0 aromatic carbocycles. The van der Waals surface area contributed by atoms with Crippen molar-refractivity contribution >= 4 is 10.8 Å². The highest BCUT2D eigenvalue weighted by Gasteiger charge is 2.13. The topological polar surface area (TPSA) is 29.1 Å². The molecule has 0 aliphatic carbocycles. The number of hydrogen-bond donors (Lipinski definition) is 1. The molecule has 0 aromatic rings. The predicted molar refractivity (Wildman–Crippen MR) is 65.1 cm³/mol. The van der Waals surface area contributed by atoms with Gasteiger partial charge in [-0.1, -0.05) is 26.7 Å². The molecule has 3 unspecified atom stereocenters. The van der Waals surface area contributed by atoms with Crippen LogP contribution in [0.4, 0.5) is 0 Å². The highest BCUT2D eigenvalue weighted by molar-refractivity contribution is 7.85. The van der Waals surface area contributed by atoms with Gasteiger partial charge in [0, 0.05) is 27.8 Å². The lowest BCUT2D eigenvalue weighted by Crippen LogP contribution is -2.28. The standard InChI is InChI=1S/C11H25NOS/c1-5-6-7-8-14(13)11(3)9-10(2)12-4/h10-12H,5-9H2,1-4H3. The molecule has 0 heterocycles. The minimum Gasteiger partial charge on any atom is -0.317 e. The van der Waals surface area contributed by atoms with Crippen LogP contribution in [0.15, 0.2) is 0 Å². The van der Waals surface area contributed by atoms with Crippen molar-refractivity contribution in [3.8, 4) is 0 Å². The molecule has 86 valence electrons. The molecule has 0 spiro atoms. The Morgan fingerprint density at radius 2 is 1.93 bits per heavy atom. The Kier molecular flexibility index (Phi) is 8.49. The van der Waals surface area contributed by atoms with Gasteiger partial charge in [-0.25, -0.2) is 0 Å². The molecule has 0 saturated heterocycles. The van der Waals surface area contributed by atoms with Crippen molar-refractivity contribution in [1.82, 2.24) is 5.32 Å².